The van der Waals surface area contributed by atoms with Gasteiger partial charge in [0.25, 0.3) is 0 Å². The van der Waals surface area contributed by atoms with Gasteiger partial charge in [-0.3, -0.25) is 4.98 Å². The molecule has 0 bridgehead atoms. The summed E-state index contributed by atoms with van der Waals surface area (Å²) in [4.78, 5) is 4.96. The number of ether oxygens (including phenoxy) is 2. The summed E-state index contributed by atoms with van der Waals surface area (Å²) < 4.78 is 31.2. The summed E-state index contributed by atoms with van der Waals surface area (Å²) in [6.07, 6.45) is 3.41. The highest BCUT2D eigenvalue weighted by Crippen LogP contribution is 2.45. The summed E-state index contributed by atoms with van der Waals surface area (Å²) in [6, 6.07) is 12.6. The number of aromatic nitrogens is 5. The molecule has 8 nitrogen and oxygen atoms in total. The van der Waals surface area contributed by atoms with Crippen molar-refractivity contribution >= 4 is 21.9 Å². The van der Waals surface area contributed by atoms with E-state index in [0.717, 1.165) is 51.7 Å². The van der Waals surface area contributed by atoms with Gasteiger partial charge in [-0.25, -0.2) is 9.07 Å². The smallest absolute Gasteiger partial charge is 0.130 e. The fourth-order valence-electron chi connectivity index (χ4n) is 6.14. The molecule has 0 saturated carbocycles. The van der Waals surface area contributed by atoms with Crippen molar-refractivity contribution in [3.05, 3.63) is 71.3 Å². The van der Waals surface area contributed by atoms with Crippen molar-refractivity contribution in [2.24, 2.45) is 13.0 Å². The van der Waals surface area contributed by atoms with Crippen molar-refractivity contribution in [3.63, 3.8) is 0 Å². The van der Waals surface area contributed by atoms with Crippen LogP contribution in [0, 0.1) is 18.7 Å². The molecular formula is C31H34FN5O3. The first kappa shape index (κ1) is 26.4. The van der Waals surface area contributed by atoms with Gasteiger partial charge in [-0.1, -0.05) is 23.4 Å². The van der Waals surface area contributed by atoms with E-state index in [1.165, 1.54) is 6.07 Å². The second-order valence-corrected chi connectivity index (χ2v) is 11.2. The Labute approximate surface area is 232 Å². The van der Waals surface area contributed by atoms with Gasteiger partial charge in [0.05, 0.1) is 52.1 Å². The predicted molar refractivity (Wildman–Crippen MR) is 152 cm³/mol. The predicted octanol–water partition coefficient (Wildman–Crippen LogP) is 5.68. The topological polar surface area (TPSA) is 87.2 Å². The Bertz CT molecular complexity index is 1690. The maximum Gasteiger partial charge on any atom is 0.130 e. The summed E-state index contributed by atoms with van der Waals surface area (Å²) in [7, 11) is 3.48. The highest BCUT2D eigenvalue weighted by Gasteiger charge is 2.33. The Hall–Kier alpha value is -3.82. The lowest BCUT2D eigenvalue weighted by Crippen LogP contribution is -2.27. The van der Waals surface area contributed by atoms with Crippen LogP contribution >= 0.6 is 0 Å². The Balaban J connectivity index is 1.76. The number of aryl methyl sites for hydroxylation is 2. The van der Waals surface area contributed by atoms with Crippen molar-refractivity contribution in [2.75, 3.05) is 20.3 Å². The molecule has 1 aliphatic heterocycles. The van der Waals surface area contributed by atoms with Crippen LogP contribution in [-0.2, 0) is 17.4 Å². The van der Waals surface area contributed by atoms with Crippen LogP contribution in [0.1, 0.15) is 49.6 Å². The first-order valence-corrected chi connectivity index (χ1v) is 13.6. The number of fused-ring (bicyclic) bond motifs is 3. The molecule has 9 heteroatoms. The summed E-state index contributed by atoms with van der Waals surface area (Å²) in [5.41, 5.74) is 5.14. The van der Waals surface area contributed by atoms with Gasteiger partial charge in [-0.2, -0.15) is 0 Å². The minimum absolute atomic E-state index is 0.116. The van der Waals surface area contributed by atoms with Crippen LogP contribution in [-0.4, -0.2) is 50.0 Å². The van der Waals surface area contributed by atoms with Crippen LogP contribution in [0.4, 0.5) is 4.39 Å². The lowest BCUT2D eigenvalue weighted by molar-refractivity contribution is 0.0548. The molecule has 5 aromatic rings. The summed E-state index contributed by atoms with van der Waals surface area (Å²) in [6.45, 7) is 6.66. The van der Waals surface area contributed by atoms with Gasteiger partial charge in [0, 0.05) is 37.6 Å². The molecule has 1 fully saturated rings. The molecule has 1 saturated heterocycles. The summed E-state index contributed by atoms with van der Waals surface area (Å²) in [5.74, 6) is 0.469. The molecule has 0 spiro atoms. The summed E-state index contributed by atoms with van der Waals surface area (Å²) >= 11 is 0. The number of halogens is 1. The van der Waals surface area contributed by atoms with Crippen molar-refractivity contribution in [2.45, 2.75) is 45.3 Å². The second-order valence-electron chi connectivity index (χ2n) is 11.2. The Morgan fingerprint density at radius 1 is 1.12 bits per heavy atom. The van der Waals surface area contributed by atoms with Gasteiger partial charge in [0.2, 0.25) is 0 Å². The Kier molecular flexibility index (Phi) is 6.59. The Morgan fingerprint density at radius 3 is 2.52 bits per heavy atom. The van der Waals surface area contributed by atoms with Crippen molar-refractivity contribution in [3.8, 4) is 17.0 Å². The average Bonchev–Trinajstić information content (AvgIpc) is 3.45. The standard InChI is InChI=1S/C31H34FN5O3/c1-18-29(36(4)35-34-18)20-14-25-28(33-17-20)27-24(15-21(31(2,3)38)16-26(27)39-5)37(25)30(19-10-12-40-13-11-19)22-8-6-7-9-23(22)32/h6-9,14-17,19,30,38H,10-13H2,1-5H3. The maximum absolute atomic E-state index is 15.7. The molecule has 1 atom stereocenters. The quantitative estimate of drug-likeness (QED) is 0.296. The number of hydrogen-bond donors (Lipinski definition) is 1. The zero-order valence-electron chi connectivity index (χ0n) is 23.5. The fourth-order valence-corrected chi connectivity index (χ4v) is 6.14. The third-order valence-electron chi connectivity index (χ3n) is 8.11. The monoisotopic (exact) mass is 543 g/mol. The third-order valence-corrected chi connectivity index (χ3v) is 8.11. The molecule has 1 unspecified atom stereocenters. The minimum Gasteiger partial charge on any atom is -0.496 e. The zero-order valence-corrected chi connectivity index (χ0v) is 23.5. The van der Waals surface area contributed by atoms with Gasteiger partial charge >= 0.3 is 0 Å². The van der Waals surface area contributed by atoms with Crippen molar-refractivity contribution < 1.29 is 19.0 Å². The van der Waals surface area contributed by atoms with E-state index in [1.807, 2.05) is 44.4 Å². The van der Waals surface area contributed by atoms with E-state index in [2.05, 4.69) is 20.9 Å². The van der Waals surface area contributed by atoms with E-state index < -0.39 is 5.60 Å². The molecule has 3 aromatic heterocycles. The van der Waals surface area contributed by atoms with Crippen LogP contribution in [0.15, 0.2) is 48.7 Å². The molecule has 1 aliphatic rings. The van der Waals surface area contributed by atoms with E-state index in [4.69, 9.17) is 14.5 Å². The van der Waals surface area contributed by atoms with E-state index >= 15 is 4.39 Å². The second kappa shape index (κ2) is 9.98. The highest BCUT2D eigenvalue weighted by molar-refractivity contribution is 6.10. The fraction of sp³-hybridized carbons (Fsp3) is 0.387. The molecule has 1 N–H and O–H groups in total. The highest BCUT2D eigenvalue weighted by atomic mass is 19.1. The largest absolute Gasteiger partial charge is 0.496 e. The molecule has 0 amide bonds. The van der Waals surface area contributed by atoms with Gasteiger partial charge in [0.15, 0.2) is 0 Å². The van der Waals surface area contributed by atoms with Crippen LogP contribution in [0.5, 0.6) is 5.75 Å². The molecule has 4 heterocycles. The molecular weight excluding hydrogens is 509 g/mol. The van der Waals surface area contributed by atoms with E-state index in [9.17, 15) is 5.11 Å². The maximum atomic E-state index is 15.7. The molecule has 6 rings (SSSR count). The number of pyridine rings is 1. The first-order chi connectivity index (χ1) is 19.2. The molecule has 40 heavy (non-hydrogen) atoms. The van der Waals surface area contributed by atoms with Gasteiger partial charge in [-0.15, -0.1) is 5.10 Å². The van der Waals surface area contributed by atoms with Crippen LogP contribution in [0.25, 0.3) is 33.2 Å². The average molecular weight is 544 g/mol. The third kappa shape index (κ3) is 4.33. The van der Waals surface area contributed by atoms with Crippen molar-refractivity contribution in [1.29, 1.82) is 0 Å². The number of hydrogen-bond acceptors (Lipinski definition) is 6. The van der Waals surface area contributed by atoms with Crippen molar-refractivity contribution in [1.82, 2.24) is 24.5 Å². The van der Waals surface area contributed by atoms with Crippen LogP contribution in [0.3, 0.4) is 0 Å². The molecule has 0 aliphatic carbocycles. The molecule has 2 aromatic carbocycles. The lowest BCUT2D eigenvalue weighted by atomic mass is 9.86. The van der Waals surface area contributed by atoms with E-state index in [1.54, 1.807) is 31.7 Å². The van der Waals surface area contributed by atoms with Gasteiger partial charge in [0.1, 0.15) is 11.6 Å². The number of methoxy groups -OCH3 is 1. The van der Waals surface area contributed by atoms with E-state index in [0.29, 0.717) is 30.1 Å². The first-order valence-electron chi connectivity index (χ1n) is 13.6. The normalized spacial score (nSPS) is 15.7. The van der Waals surface area contributed by atoms with Gasteiger partial charge < -0.3 is 19.1 Å². The molecule has 208 valence electrons. The lowest BCUT2D eigenvalue weighted by Gasteiger charge is -2.33. The van der Waals surface area contributed by atoms with E-state index in [-0.39, 0.29) is 17.8 Å². The minimum atomic E-state index is -1.12. The van der Waals surface area contributed by atoms with Crippen LogP contribution < -0.4 is 4.74 Å². The number of benzene rings is 2. The zero-order chi connectivity index (χ0) is 28.2. The SMILES string of the molecule is COc1cc(C(C)(C)O)cc2c1c1ncc(-c3c(C)nnn3C)cc1n2C(c1ccccc1F)C1CCOCC1. The Morgan fingerprint density at radius 2 is 1.88 bits per heavy atom. The number of rotatable bonds is 6. The summed E-state index contributed by atoms with van der Waals surface area (Å²) in [5, 5.41) is 20.3. The number of aliphatic hydroxyl groups is 1. The van der Waals surface area contributed by atoms with Gasteiger partial charge in [-0.05, 0) is 69.4 Å². The van der Waals surface area contributed by atoms with Crippen LogP contribution in [0.2, 0.25) is 0 Å². The molecule has 0 radical (unpaired) electrons. The number of nitrogens with zero attached hydrogens (tertiary/aromatic N) is 5.